The molecule has 8 nitrogen and oxygen atoms in total. The summed E-state index contributed by atoms with van der Waals surface area (Å²) in [6.07, 6.45) is 4.22. The van der Waals surface area contributed by atoms with Crippen molar-refractivity contribution in [2.75, 3.05) is 18.9 Å². The Morgan fingerprint density at radius 1 is 1.11 bits per heavy atom. The van der Waals surface area contributed by atoms with Gasteiger partial charge < -0.3 is 25.0 Å². The van der Waals surface area contributed by atoms with Crippen molar-refractivity contribution < 1.29 is 28.5 Å². The van der Waals surface area contributed by atoms with Crippen molar-refractivity contribution in [3.8, 4) is 0 Å². The number of aliphatic hydroxyl groups excluding tert-OH is 1. The fourth-order valence-electron chi connectivity index (χ4n) is 4.39. The van der Waals surface area contributed by atoms with Crippen LogP contribution in [-0.2, 0) is 25.2 Å². The van der Waals surface area contributed by atoms with Crippen molar-refractivity contribution in [3.63, 3.8) is 0 Å². The summed E-state index contributed by atoms with van der Waals surface area (Å²) < 4.78 is 25.1. The van der Waals surface area contributed by atoms with Gasteiger partial charge in [-0.25, -0.2) is 4.79 Å². The number of nitrogens with one attached hydrogen (secondary N) is 2. The zero-order valence-electron chi connectivity index (χ0n) is 22.5. The van der Waals surface area contributed by atoms with E-state index in [1.807, 2.05) is 44.2 Å². The third kappa shape index (κ3) is 11.4. The van der Waals surface area contributed by atoms with Crippen LogP contribution in [0.2, 0.25) is 0 Å². The second-order valence-electron chi connectivity index (χ2n) is 11.2. The van der Waals surface area contributed by atoms with Gasteiger partial charge in [0.1, 0.15) is 11.6 Å². The average Bonchev–Trinajstić information content (AvgIpc) is 2.80. The van der Waals surface area contributed by atoms with Crippen molar-refractivity contribution in [1.29, 1.82) is 0 Å². The van der Waals surface area contributed by atoms with E-state index in [2.05, 4.69) is 10.6 Å². The first-order valence-corrected chi connectivity index (χ1v) is 15.1. The molecular formula is C27H45N2O6P. The highest BCUT2D eigenvalue weighted by Crippen LogP contribution is 2.51. The third-order valence-electron chi connectivity index (χ3n) is 6.19. The van der Waals surface area contributed by atoms with Crippen molar-refractivity contribution in [2.45, 2.75) is 91.1 Å². The molecule has 1 aromatic rings. The minimum atomic E-state index is -3.15. The Morgan fingerprint density at radius 3 is 2.33 bits per heavy atom. The summed E-state index contributed by atoms with van der Waals surface area (Å²) >= 11 is 0. The normalized spacial score (nSPS) is 18.2. The molecule has 3 N–H and O–H groups in total. The van der Waals surface area contributed by atoms with Crippen LogP contribution in [0.25, 0.3) is 0 Å². The van der Waals surface area contributed by atoms with Crippen molar-refractivity contribution in [2.24, 2.45) is 11.8 Å². The Hall–Kier alpha value is -1.89. The van der Waals surface area contributed by atoms with Gasteiger partial charge in [-0.15, -0.1) is 0 Å². The van der Waals surface area contributed by atoms with Gasteiger partial charge in [0, 0.05) is 12.7 Å². The van der Waals surface area contributed by atoms with E-state index in [1.54, 1.807) is 20.8 Å². The molecule has 2 amide bonds. The molecule has 0 aromatic heterocycles. The molecule has 0 aliphatic heterocycles. The van der Waals surface area contributed by atoms with E-state index in [0.717, 1.165) is 31.2 Å². The number of alkyl carbamates (subject to hydrolysis) is 1. The zero-order valence-corrected chi connectivity index (χ0v) is 23.4. The van der Waals surface area contributed by atoms with E-state index in [0.29, 0.717) is 12.1 Å². The van der Waals surface area contributed by atoms with Crippen LogP contribution in [-0.4, -0.2) is 53.7 Å². The Morgan fingerprint density at radius 2 is 1.75 bits per heavy atom. The maximum Gasteiger partial charge on any atom is 0.408 e. The van der Waals surface area contributed by atoms with Crippen LogP contribution in [0, 0.1) is 11.8 Å². The SMILES string of the molecule is CC(C)C(NC(=O)OC(C)(C)C)C(=O)NCC(O)CP(=O)(CC1CCCCC1)OCc1ccccc1. The number of hydrogen-bond acceptors (Lipinski definition) is 6. The number of rotatable bonds is 12. The van der Waals surface area contributed by atoms with E-state index < -0.39 is 37.1 Å². The van der Waals surface area contributed by atoms with E-state index in [9.17, 15) is 19.3 Å². The molecule has 2 rings (SSSR count). The lowest BCUT2D eigenvalue weighted by Crippen LogP contribution is -2.52. The van der Waals surface area contributed by atoms with Crippen LogP contribution in [0.4, 0.5) is 4.79 Å². The molecule has 1 aliphatic carbocycles. The molecule has 1 aliphatic rings. The van der Waals surface area contributed by atoms with Crippen LogP contribution in [0.15, 0.2) is 30.3 Å². The Bertz CT molecular complexity index is 865. The maximum absolute atomic E-state index is 13.9. The van der Waals surface area contributed by atoms with Gasteiger partial charge >= 0.3 is 6.09 Å². The molecule has 3 atom stereocenters. The predicted molar refractivity (Wildman–Crippen MR) is 142 cm³/mol. The first-order chi connectivity index (χ1) is 16.9. The smallest absolute Gasteiger partial charge is 0.408 e. The third-order valence-corrected chi connectivity index (χ3v) is 8.84. The number of ether oxygens (including phenoxy) is 1. The summed E-state index contributed by atoms with van der Waals surface area (Å²) in [5, 5.41) is 16.0. The number of hydrogen-bond donors (Lipinski definition) is 3. The monoisotopic (exact) mass is 524 g/mol. The molecule has 204 valence electrons. The summed E-state index contributed by atoms with van der Waals surface area (Å²) in [6.45, 7) is 9.01. The molecule has 36 heavy (non-hydrogen) atoms. The molecule has 0 bridgehead atoms. The summed E-state index contributed by atoms with van der Waals surface area (Å²) in [4.78, 5) is 25.0. The van der Waals surface area contributed by atoms with Crippen molar-refractivity contribution in [1.82, 2.24) is 10.6 Å². The Balaban J connectivity index is 1.97. The summed E-state index contributed by atoms with van der Waals surface area (Å²) in [6, 6.07) is 8.75. The lowest BCUT2D eigenvalue weighted by atomic mass is 9.91. The van der Waals surface area contributed by atoms with Crippen LogP contribution >= 0.6 is 7.37 Å². The van der Waals surface area contributed by atoms with Gasteiger partial charge in [0.15, 0.2) is 0 Å². The maximum atomic E-state index is 13.9. The molecule has 0 spiro atoms. The highest BCUT2D eigenvalue weighted by molar-refractivity contribution is 7.59. The topological polar surface area (TPSA) is 114 Å². The number of carbonyl (C=O) groups excluding carboxylic acids is 2. The molecule has 1 saturated carbocycles. The quantitative estimate of drug-likeness (QED) is 0.328. The van der Waals surface area contributed by atoms with Crippen LogP contribution in [0.1, 0.15) is 72.3 Å². The van der Waals surface area contributed by atoms with Gasteiger partial charge in [0.2, 0.25) is 13.3 Å². The lowest BCUT2D eigenvalue weighted by Gasteiger charge is -2.29. The molecule has 1 fully saturated rings. The molecule has 9 heteroatoms. The second kappa shape index (κ2) is 14.2. The van der Waals surface area contributed by atoms with Gasteiger partial charge in [-0.1, -0.05) is 63.4 Å². The largest absolute Gasteiger partial charge is 0.444 e. The Labute approximate surface area is 216 Å². The van der Waals surface area contributed by atoms with E-state index >= 15 is 0 Å². The molecule has 0 heterocycles. The molecule has 3 unspecified atom stereocenters. The fourth-order valence-corrected chi connectivity index (χ4v) is 7.06. The van der Waals surface area contributed by atoms with Crippen molar-refractivity contribution >= 4 is 19.4 Å². The van der Waals surface area contributed by atoms with Crippen molar-refractivity contribution in [3.05, 3.63) is 35.9 Å². The Kier molecular flexibility index (Phi) is 11.9. The first-order valence-electron chi connectivity index (χ1n) is 13.1. The number of carbonyl (C=O) groups is 2. The van der Waals surface area contributed by atoms with E-state index in [1.165, 1.54) is 6.42 Å². The minimum Gasteiger partial charge on any atom is -0.444 e. The molecular weight excluding hydrogens is 479 g/mol. The summed E-state index contributed by atoms with van der Waals surface area (Å²) in [5.74, 6) is -0.297. The van der Waals surface area contributed by atoms with Gasteiger partial charge in [-0.3, -0.25) is 9.36 Å². The zero-order chi connectivity index (χ0) is 26.8. The van der Waals surface area contributed by atoms with Crippen LogP contribution in [0.3, 0.4) is 0 Å². The number of benzene rings is 1. The summed E-state index contributed by atoms with van der Waals surface area (Å²) in [5.41, 5.74) is 0.245. The lowest BCUT2D eigenvalue weighted by molar-refractivity contribution is -0.124. The highest BCUT2D eigenvalue weighted by Gasteiger charge is 2.32. The molecule has 0 saturated heterocycles. The van der Waals surface area contributed by atoms with Gasteiger partial charge in [-0.05, 0) is 51.0 Å². The number of aliphatic hydroxyl groups is 1. The summed E-state index contributed by atoms with van der Waals surface area (Å²) in [7, 11) is -3.15. The standard InChI is InChI=1S/C27H45N2O6P/c1-20(2)24(29-26(32)35-27(3,4)5)25(31)28-16-23(30)19-36(33,18-22-14-10-7-11-15-22)34-17-21-12-8-6-9-13-21/h6,8-9,12-13,20,22-24,30H,7,10-11,14-19H2,1-5H3,(H,28,31)(H,29,32). The second-order valence-corrected chi connectivity index (χ2v) is 13.8. The number of amides is 2. The van der Waals surface area contributed by atoms with E-state index in [-0.39, 0.29) is 25.2 Å². The minimum absolute atomic E-state index is 0.0253. The van der Waals surface area contributed by atoms with Gasteiger partial charge in [-0.2, -0.15) is 0 Å². The first kappa shape index (κ1) is 30.3. The van der Waals surface area contributed by atoms with Gasteiger partial charge in [0.25, 0.3) is 0 Å². The highest BCUT2D eigenvalue weighted by atomic mass is 31.2. The predicted octanol–water partition coefficient (Wildman–Crippen LogP) is 5.09. The molecule has 1 aromatic carbocycles. The molecule has 0 radical (unpaired) electrons. The average molecular weight is 525 g/mol. The van der Waals surface area contributed by atoms with Crippen LogP contribution in [0.5, 0.6) is 0 Å². The van der Waals surface area contributed by atoms with Crippen LogP contribution < -0.4 is 10.6 Å². The fraction of sp³-hybridized carbons (Fsp3) is 0.704. The van der Waals surface area contributed by atoms with Gasteiger partial charge in [0.05, 0.1) is 18.9 Å². The van der Waals surface area contributed by atoms with E-state index in [4.69, 9.17) is 9.26 Å².